The Labute approximate surface area is 86.9 Å². The van der Waals surface area contributed by atoms with Crippen LogP contribution in [-0.4, -0.2) is 17.6 Å². The highest BCUT2D eigenvalue weighted by Crippen LogP contribution is 2.27. The van der Waals surface area contributed by atoms with E-state index in [2.05, 4.69) is 5.32 Å². The van der Waals surface area contributed by atoms with Crippen molar-refractivity contribution >= 4 is 5.97 Å². The molecule has 1 heterocycles. The maximum atomic E-state index is 13.3. The van der Waals surface area contributed by atoms with Crippen LogP contribution in [0.2, 0.25) is 0 Å². The maximum absolute atomic E-state index is 13.3. The standard InChI is InChI=1S/C11H12FNO2/c1-6-8(12)3-2-7-4-5-13-10(9(6)7)11(14)15/h2-3,10,13H,4-5H2,1H3,(H,14,15). The molecule has 80 valence electrons. The molecule has 0 saturated heterocycles. The van der Waals surface area contributed by atoms with Crippen LogP contribution in [0.1, 0.15) is 22.7 Å². The zero-order valence-electron chi connectivity index (χ0n) is 8.38. The number of carboxylic acids is 1. The predicted molar refractivity (Wildman–Crippen MR) is 53.2 cm³/mol. The molecule has 1 aromatic rings. The molecule has 0 radical (unpaired) electrons. The smallest absolute Gasteiger partial charge is 0.325 e. The summed E-state index contributed by atoms with van der Waals surface area (Å²) in [6, 6.07) is 2.30. The van der Waals surface area contributed by atoms with Gasteiger partial charge in [0, 0.05) is 6.54 Å². The van der Waals surface area contributed by atoms with Crippen molar-refractivity contribution in [1.82, 2.24) is 5.32 Å². The minimum atomic E-state index is -0.954. The third kappa shape index (κ3) is 1.61. The van der Waals surface area contributed by atoms with Crippen LogP contribution in [0.15, 0.2) is 12.1 Å². The van der Waals surface area contributed by atoms with E-state index >= 15 is 0 Å². The molecule has 2 rings (SSSR count). The summed E-state index contributed by atoms with van der Waals surface area (Å²) in [5.41, 5.74) is 1.96. The Morgan fingerprint density at radius 3 is 3.00 bits per heavy atom. The van der Waals surface area contributed by atoms with Crippen molar-refractivity contribution in [2.75, 3.05) is 6.54 Å². The summed E-state index contributed by atoms with van der Waals surface area (Å²) in [4.78, 5) is 11.0. The Morgan fingerprint density at radius 1 is 1.60 bits per heavy atom. The van der Waals surface area contributed by atoms with E-state index < -0.39 is 12.0 Å². The summed E-state index contributed by atoms with van der Waals surface area (Å²) in [5.74, 6) is -1.30. The lowest BCUT2D eigenvalue weighted by Crippen LogP contribution is -2.35. The molecule has 0 bridgehead atoms. The Kier molecular flexibility index (Phi) is 2.44. The summed E-state index contributed by atoms with van der Waals surface area (Å²) >= 11 is 0. The molecular weight excluding hydrogens is 197 g/mol. The molecule has 3 nitrogen and oxygen atoms in total. The van der Waals surface area contributed by atoms with Gasteiger partial charge in [0.05, 0.1) is 0 Å². The quantitative estimate of drug-likeness (QED) is 0.735. The maximum Gasteiger partial charge on any atom is 0.325 e. The fourth-order valence-electron chi connectivity index (χ4n) is 2.04. The molecule has 1 aromatic carbocycles. The number of benzene rings is 1. The number of carbonyl (C=O) groups is 1. The monoisotopic (exact) mass is 209 g/mol. The minimum absolute atomic E-state index is 0.344. The van der Waals surface area contributed by atoms with Gasteiger partial charge in [-0.05, 0) is 36.1 Å². The highest BCUT2D eigenvalue weighted by Gasteiger charge is 2.28. The van der Waals surface area contributed by atoms with E-state index in [9.17, 15) is 9.18 Å². The van der Waals surface area contributed by atoms with Gasteiger partial charge in [0.15, 0.2) is 0 Å². The molecule has 1 unspecified atom stereocenters. The number of aliphatic carboxylic acids is 1. The van der Waals surface area contributed by atoms with Crippen molar-refractivity contribution in [1.29, 1.82) is 0 Å². The molecule has 15 heavy (non-hydrogen) atoms. The zero-order chi connectivity index (χ0) is 11.0. The second-order valence-corrected chi connectivity index (χ2v) is 3.72. The second kappa shape index (κ2) is 3.62. The van der Waals surface area contributed by atoms with Crippen LogP contribution in [0.3, 0.4) is 0 Å². The van der Waals surface area contributed by atoms with E-state index in [1.165, 1.54) is 6.07 Å². The van der Waals surface area contributed by atoms with Gasteiger partial charge in [-0.1, -0.05) is 6.07 Å². The van der Waals surface area contributed by atoms with Crippen molar-refractivity contribution in [2.45, 2.75) is 19.4 Å². The molecule has 4 heteroatoms. The van der Waals surface area contributed by atoms with Crippen LogP contribution in [-0.2, 0) is 11.2 Å². The molecule has 1 atom stereocenters. The van der Waals surface area contributed by atoms with Gasteiger partial charge in [0.2, 0.25) is 0 Å². The normalized spacial score (nSPS) is 19.7. The van der Waals surface area contributed by atoms with Crippen LogP contribution >= 0.6 is 0 Å². The van der Waals surface area contributed by atoms with Gasteiger partial charge in [-0.15, -0.1) is 0 Å². The molecule has 0 aliphatic carbocycles. The summed E-state index contributed by atoms with van der Waals surface area (Å²) in [7, 11) is 0. The van der Waals surface area contributed by atoms with Gasteiger partial charge in [0.1, 0.15) is 11.9 Å². The van der Waals surface area contributed by atoms with Crippen molar-refractivity contribution < 1.29 is 14.3 Å². The highest BCUT2D eigenvalue weighted by molar-refractivity contribution is 5.77. The van der Waals surface area contributed by atoms with Crippen molar-refractivity contribution in [3.63, 3.8) is 0 Å². The average Bonchev–Trinajstić information content (AvgIpc) is 2.23. The van der Waals surface area contributed by atoms with Gasteiger partial charge in [-0.25, -0.2) is 4.39 Å². The van der Waals surface area contributed by atoms with Crippen molar-refractivity contribution in [3.8, 4) is 0 Å². The molecule has 0 saturated carbocycles. The number of rotatable bonds is 1. The number of hydrogen-bond acceptors (Lipinski definition) is 2. The van der Waals surface area contributed by atoms with Crippen molar-refractivity contribution in [2.24, 2.45) is 0 Å². The van der Waals surface area contributed by atoms with E-state index in [0.717, 1.165) is 12.0 Å². The lowest BCUT2D eigenvalue weighted by Gasteiger charge is -2.25. The average molecular weight is 209 g/mol. The van der Waals surface area contributed by atoms with Crippen LogP contribution in [0.4, 0.5) is 4.39 Å². The molecule has 1 aliphatic heterocycles. The molecule has 0 amide bonds. The first-order valence-electron chi connectivity index (χ1n) is 4.85. The molecule has 2 N–H and O–H groups in total. The van der Waals surface area contributed by atoms with E-state index in [-0.39, 0.29) is 5.82 Å². The SMILES string of the molecule is Cc1c(F)ccc2c1C(C(=O)O)NCC2. The Morgan fingerprint density at radius 2 is 2.33 bits per heavy atom. The van der Waals surface area contributed by atoms with E-state index in [1.807, 2.05) is 0 Å². The summed E-state index contributed by atoms with van der Waals surface area (Å²) in [6.07, 6.45) is 0.750. The lowest BCUT2D eigenvalue weighted by molar-refractivity contribution is -0.139. The molecule has 0 aromatic heterocycles. The lowest BCUT2D eigenvalue weighted by atomic mass is 9.90. The second-order valence-electron chi connectivity index (χ2n) is 3.72. The van der Waals surface area contributed by atoms with Gasteiger partial charge < -0.3 is 10.4 Å². The molecule has 0 fully saturated rings. The molecule has 0 spiro atoms. The first-order valence-corrected chi connectivity index (χ1v) is 4.85. The summed E-state index contributed by atoms with van der Waals surface area (Å²) in [6.45, 7) is 2.24. The third-order valence-electron chi connectivity index (χ3n) is 2.82. The Hall–Kier alpha value is -1.42. The Bertz CT molecular complexity index is 417. The number of carboxylic acid groups (broad SMARTS) is 1. The first kappa shape index (κ1) is 10.1. The Balaban J connectivity index is 2.58. The fraction of sp³-hybridized carbons (Fsp3) is 0.364. The molecular formula is C11H12FNO2. The minimum Gasteiger partial charge on any atom is -0.480 e. The molecule has 1 aliphatic rings. The van der Waals surface area contributed by atoms with E-state index in [0.29, 0.717) is 17.7 Å². The highest BCUT2D eigenvalue weighted by atomic mass is 19.1. The first-order chi connectivity index (χ1) is 7.11. The number of fused-ring (bicyclic) bond motifs is 1. The van der Waals surface area contributed by atoms with Gasteiger partial charge in [-0.3, -0.25) is 4.79 Å². The van der Waals surface area contributed by atoms with E-state index in [1.54, 1.807) is 13.0 Å². The summed E-state index contributed by atoms with van der Waals surface area (Å²) < 4.78 is 13.3. The third-order valence-corrected chi connectivity index (χ3v) is 2.82. The zero-order valence-corrected chi connectivity index (χ0v) is 8.38. The fourth-order valence-corrected chi connectivity index (χ4v) is 2.04. The topological polar surface area (TPSA) is 49.3 Å². The largest absolute Gasteiger partial charge is 0.480 e. The number of halogens is 1. The van der Waals surface area contributed by atoms with Crippen LogP contribution < -0.4 is 5.32 Å². The van der Waals surface area contributed by atoms with Gasteiger partial charge >= 0.3 is 5.97 Å². The van der Waals surface area contributed by atoms with Gasteiger partial charge in [0.25, 0.3) is 0 Å². The van der Waals surface area contributed by atoms with Crippen LogP contribution in [0, 0.1) is 12.7 Å². The number of nitrogens with one attached hydrogen (secondary N) is 1. The van der Waals surface area contributed by atoms with Gasteiger partial charge in [-0.2, -0.15) is 0 Å². The number of hydrogen-bond donors (Lipinski definition) is 2. The summed E-state index contributed by atoms with van der Waals surface area (Å²) in [5, 5.41) is 11.9. The van der Waals surface area contributed by atoms with Crippen LogP contribution in [0.25, 0.3) is 0 Å². The van der Waals surface area contributed by atoms with E-state index in [4.69, 9.17) is 5.11 Å². The predicted octanol–water partition coefficient (Wildman–Crippen LogP) is 1.41. The van der Waals surface area contributed by atoms with Crippen LogP contribution in [0.5, 0.6) is 0 Å². The van der Waals surface area contributed by atoms with Crippen molar-refractivity contribution in [3.05, 3.63) is 34.6 Å².